The summed E-state index contributed by atoms with van der Waals surface area (Å²) in [5, 5.41) is 13.8. The molecule has 1 saturated carbocycles. The Hall–Kier alpha value is -1.26. The minimum atomic E-state index is -0.524. The molecule has 110 valence electrons. The zero-order valence-electron chi connectivity index (χ0n) is 12.2. The van der Waals surface area contributed by atoms with E-state index in [-0.39, 0.29) is 5.54 Å². The van der Waals surface area contributed by atoms with E-state index in [4.69, 9.17) is 9.47 Å². The molecule has 0 saturated heterocycles. The van der Waals surface area contributed by atoms with Crippen molar-refractivity contribution in [2.24, 2.45) is 5.92 Å². The molecule has 0 radical (unpaired) electrons. The topological polar surface area (TPSA) is 50.7 Å². The highest BCUT2D eigenvalue weighted by Gasteiger charge is 2.37. The fourth-order valence-electron chi connectivity index (χ4n) is 2.69. The summed E-state index contributed by atoms with van der Waals surface area (Å²) in [6.45, 7) is 6.14. The summed E-state index contributed by atoms with van der Waals surface area (Å²) in [6, 6.07) is 5.66. The van der Waals surface area contributed by atoms with Crippen LogP contribution >= 0.6 is 0 Å². The highest BCUT2D eigenvalue weighted by molar-refractivity contribution is 5.44. The Labute approximate surface area is 120 Å². The van der Waals surface area contributed by atoms with Gasteiger partial charge in [-0.2, -0.15) is 0 Å². The summed E-state index contributed by atoms with van der Waals surface area (Å²) in [4.78, 5) is 0. The lowest BCUT2D eigenvalue weighted by Crippen LogP contribution is -2.43. The molecule has 0 aromatic heterocycles. The third-order valence-corrected chi connectivity index (χ3v) is 4.30. The van der Waals surface area contributed by atoms with E-state index in [9.17, 15) is 5.11 Å². The van der Waals surface area contributed by atoms with E-state index in [2.05, 4.69) is 19.2 Å². The molecule has 2 N–H and O–H groups in total. The van der Waals surface area contributed by atoms with Gasteiger partial charge in [0.15, 0.2) is 11.5 Å². The Balaban J connectivity index is 1.63. The summed E-state index contributed by atoms with van der Waals surface area (Å²) >= 11 is 0. The monoisotopic (exact) mass is 277 g/mol. The van der Waals surface area contributed by atoms with Gasteiger partial charge in [0.1, 0.15) is 13.2 Å². The van der Waals surface area contributed by atoms with E-state index in [1.165, 1.54) is 12.8 Å². The third kappa shape index (κ3) is 2.91. The smallest absolute Gasteiger partial charge is 0.161 e. The fraction of sp³-hybridized carbons (Fsp3) is 0.625. The predicted octanol–water partition coefficient (Wildman–Crippen LogP) is 2.27. The number of fused-ring (bicyclic) bond motifs is 1. The molecule has 2 aliphatic rings. The van der Waals surface area contributed by atoms with Crippen LogP contribution in [0.15, 0.2) is 18.2 Å². The highest BCUT2D eigenvalue weighted by Crippen LogP contribution is 2.39. The van der Waals surface area contributed by atoms with Gasteiger partial charge in [0.05, 0.1) is 6.10 Å². The van der Waals surface area contributed by atoms with Crippen molar-refractivity contribution in [1.82, 2.24) is 5.32 Å². The number of rotatable bonds is 5. The number of hydrogen-bond acceptors (Lipinski definition) is 4. The number of ether oxygens (including phenoxy) is 2. The molecule has 4 nitrogen and oxygen atoms in total. The van der Waals surface area contributed by atoms with Gasteiger partial charge in [0.25, 0.3) is 0 Å². The van der Waals surface area contributed by atoms with Crippen molar-refractivity contribution in [3.8, 4) is 11.5 Å². The second-order valence-electron chi connectivity index (χ2n) is 6.30. The number of β-amino-alcohol motifs (C(OH)–C–C–N with tert-alkyl or cyclic N) is 1. The normalized spacial score (nSPS) is 19.8. The van der Waals surface area contributed by atoms with Crippen molar-refractivity contribution in [3.05, 3.63) is 23.8 Å². The number of aliphatic hydroxyl groups excluding tert-OH is 1. The largest absolute Gasteiger partial charge is 0.486 e. The molecule has 1 aliphatic carbocycles. The molecule has 1 aromatic rings. The summed E-state index contributed by atoms with van der Waals surface area (Å²) in [5.41, 5.74) is 0.975. The van der Waals surface area contributed by atoms with Gasteiger partial charge in [-0.05, 0) is 50.3 Å². The van der Waals surface area contributed by atoms with Crippen LogP contribution in [-0.4, -0.2) is 30.4 Å². The van der Waals surface area contributed by atoms with E-state index < -0.39 is 6.10 Å². The second-order valence-corrected chi connectivity index (χ2v) is 6.30. The van der Waals surface area contributed by atoms with Crippen LogP contribution in [0.2, 0.25) is 0 Å². The molecule has 4 heteroatoms. The molecule has 0 spiro atoms. The average Bonchev–Trinajstić information content (AvgIpc) is 3.29. The Bertz CT molecular complexity index is 483. The molecule has 1 aromatic carbocycles. The first-order valence-electron chi connectivity index (χ1n) is 7.39. The first-order chi connectivity index (χ1) is 9.56. The van der Waals surface area contributed by atoms with Crippen molar-refractivity contribution < 1.29 is 14.6 Å². The molecular weight excluding hydrogens is 254 g/mol. The molecule has 1 atom stereocenters. The van der Waals surface area contributed by atoms with Crippen LogP contribution in [0.3, 0.4) is 0 Å². The van der Waals surface area contributed by atoms with Gasteiger partial charge < -0.3 is 19.9 Å². The molecule has 0 amide bonds. The molecule has 0 bridgehead atoms. The van der Waals surface area contributed by atoms with Crippen LogP contribution in [0.1, 0.15) is 38.4 Å². The number of aliphatic hydroxyl groups is 1. The van der Waals surface area contributed by atoms with E-state index in [1.54, 1.807) is 0 Å². The van der Waals surface area contributed by atoms with Gasteiger partial charge in [-0.25, -0.2) is 0 Å². The van der Waals surface area contributed by atoms with Crippen LogP contribution in [0.5, 0.6) is 11.5 Å². The lowest BCUT2D eigenvalue weighted by Gasteiger charge is -2.28. The Morgan fingerprint density at radius 2 is 1.95 bits per heavy atom. The number of nitrogens with one attached hydrogen (secondary N) is 1. The molecule has 1 fully saturated rings. The molecule has 1 aliphatic heterocycles. The summed E-state index contributed by atoms with van der Waals surface area (Å²) in [6.07, 6.45) is 2.06. The van der Waals surface area contributed by atoms with Gasteiger partial charge in [-0.15, -0.1) is 0 Å². The van der Waals surface area contributed by atoms with E-state index in [0.29, 0.717) is 19.8 Å². The second kappa shape index (κ2) is 5.26. The average molecular weight is 277 g/mol. The molecule has 1 heterocycles. The third-order valence-electron chi connectivity index (χ3n) is 4.30. The number of hydrogen-bond donors (Lipinski definition) is 2. The van der Waals surface area contributed by atoms with Gasteiger partial charge in [0, 0.05) is 12.1 Å². The van der Waals surface area contributed by atoms with Crippen LogP contribution in [0, 0.1) is 5.92 Å². The maximum absolute atomic E-state index is 10.3. The van der Waals surface area contributed by atoms with Crippen LogP contribution in [0.25, 0.3) is 0 Å². The van der Waals surface area contributed by atoms with Gasteiger partial charge >= 0.3 is 0 Å². The zero-order chi connectivity index (χ0) is 14.2. The van der Waals surface area contributed by atoms with Crippen molar-refractivity contribution in [2.45, 2.75) is 38.3 Å². The van der Waals surface area contributed by atoms with E-state index >= 15 is 0 Å². The minimum Gasteiger partial charge on any atom is -0.486 e. The van der Waals surface area contributed by atoms with Gasteiger partial charge in [0.2, 0.25) is 0 Å². The fourth-order valence-corrected chi connectivity index (χ4v) is 2.69. The van der Waals surface area contributed by atoms with Gasteiger partial charge in [-0.1, -0.05) is 6.07 Å². The van der Waals surface area contributed by atoms with Crippen molar-refractivity contribution in [2.75, 3.05) is 19.8 Å². The molecular formula is C16H23NO3. The lowest BCUT2D eigenvalue weighted by atomic mass is 9.98. The quantitative estimate of drug-likeness (QED) is 0.867. The Morgan fingerprint density at radius 3 is 2.65 bits per heavy atom. The first kappa shape index (κ1) is 13.7. The summed E-state index contributed by atoms with van der Waals surface area (Å²) in [7, 11) is 0. The Kier molecular flexibility index (Phi) is 3.61. The van der Waals surface area contributed by atoms with Crippen molar-refractivity contribution in [3.63, 3.8) is 0 Å². The van der Waals surface area contributed by atoms with Crippen molar-refractivity contribution in [1.29, 1.82) is 0 Å². The van der Waals surface area contributed by atoms with Crippen molar-refractivity contribution >= 4 is 0 Å². The summed E-state index contributed by atoms with van der Waals surface area (Å²) < 4.78 is 11.0. The maximum atomic E-state index is 10.3. The lowest BCUT2D eigenvalue weighted by molar-refractivity contribution is 0.152. The van der Waals surface area contributed by atoms with Crippen LogP contribution < -0.4 is 14.8 Å². The molecule has 3 rings (SSSR count). The molecule has 1 unspecified atom stereocenters. The van der Waals surface area contributed by atoms with Crippen LogP contribution in [-0.2, 0) is 0 Å². The SMILES string of the molecule is CC(C)(NCC(O)c1ccc2c(c1)OCCO2)C1CC1. The highest BCUT2D eigenvalue weighted by atomic mass is 16.6. The molecule has 20 heavy (non-hydrogen) atoms. The zero-order valence-corrected chi connectivity index (χ0v) is 12.2. The first-order valence-corrected chi connectivity index (χ1v) is 7.39. The van der Waals surface area contributed by atoms with E-state index in [1.807, 2.05) is 18.2 Å². The number of benzene rings is 1. The van der Waals surface area contributed by atoms with Gasteiger partial charge in [-0.3, -0.25) is 0 Å². The minimum absolute atomic E-state index is 0.106. The van der Waals surface area contributed by atoms with E-state index in [0.717, 1.165) is 23.0 Å². The Morgan fingerprint density at radius 1 is 1.25 bits per heavy atom. The van der Waals surface area contributed by atoms with Crippen LogP contribution in [0.4, 0.5) is 0 Å². The predicted molar refractivity (Wildman–Crippen MR) is 77.2 cm³/mol. The maximum Gasteiger partial charge on any atom is 0.161 e. The standard InChI is InChI=1S/C16H23NO3/c1-16(2,12-4-5-12)17-10-13(18)11-3-6-14-15(9-11)20-8-7-19-14/h3,6,9,12-13,17-18H,4-5,7-8,10H2,1-2H3. The summed E-state index contributed by atoms with van der Waals surface area (Å²) in [5.74, 6) is 2.24.